The van der Waals surface area contributed by atoms with Gasteiger partial charge in [-0.1, -0.05) is 24.3 Å². The maximum absolute atomic E-state index is 12.3. The molecule has 1 amide bonds. The van der Waals surface area contributed by atoms with E-state index >= 15 is 0 Å². The standard InChI is InChI=1S/C18H26N2O2/c1-12-6-4-5-7-13(12)8-9-15(21)19-16-14-10-11-22-18(14)17(16)20(2)3/h4-7,14,16-18H,8-11H2,1-3H3,(H,19,21)/t14-,16+,17-,18-/m1/s1. The van der Waals surface area contributed by atoms with E-state index in [9.17, 15) is 4.79 Å². The Hall–Kier alpha value is -1.39. The first kappa shape index (κ1) is 15.5. The van der Waals surface area contributed by atoms with Gasteiger partial charge in [-0.15, -0.1) is 0 Å². The molecule has 3 rings (SSSR count). The third kappa shape index (κ3) is 2.90. The summed E-state index contributed by atoms with van der Waals surface area (Å²) in [6.45, 7) is 2.93. The van der Waals surface area contributed by atoms with Gasteiger partial charge in [0.05, 0.1) is 18.2 Å². The van der Waals surface area contributed by atoms with Gasteiger partial charge in [-0.05, 0) is 45.0 Å². The highest BCUT2D eigenvalue weighted by Crippen LogP contribution is 2.41. The smallest absolute Gasteiger partial charge is 0.220 e. The van der Waals surface area contributed by atoms with Crippen molar-refractivity contribution in [3.05, 3.63) is 35.4 Å². The molecule has 0 unspecified atom stereocenters. The molecule has 4 nitrogen and oxygen atoms in total. The SMILES string of the molecule is Cc1ccccc1CCC(=O)N[C@H]1[C@H]2CCO[C@H]2[C@@H]1N(C)C. The molecule has 120 valence electrons. The van der Waals surface area contributed by atoms with Crippen molar-refractivity contribution in [3.63, 3.8) is 0 Å². The van der Waals surface area contributed by atoms with Crippen molar-refractivity contribution in [3.8, 4) is 0 Å². The van der Waals surface area contributed by atoms with E-state index in [1.165, 1.54) is 11.1 Å². The number of hydrogen-bond acceptors (Lipinski definition) is 3. The molecule has 0 spiro atoms. The number of carbonyl (C=O) groups excluding carboxylic acids is 1. The zero-order chi connectivity index (χ0) is 15.7. The van der Waals surface area contributed by atoms with Crippen LogP contribution >= 0.6 is 0 Å². The highest BCUT2D eigenvalue weighted by molar-refractivity contribution is 5.77. The molecule has 0 bridgehead atoms. The molecule has 22 heavy (non-hydrogen) atoms. The van der Waals surface area contributed by atoms with Crippen LogP contribution in [-0.2, 0) is 16.0 Å². The van der Waals surface area contributed by atoms with Crippen LogP contribution in [0.1, 0.15) is 24.0 Å². The lowest BCUT2D eigenvalue weighted by Gasteiger charge is -2.50. The molecule has 1 aliphatic heterocycles. The first-order valence-corrected chi connectivity index (χ1v) is 8.20. The molecule has 1 aliphatic carbocycles. The van der Waals surface area contributed by atoms with E-state index in [4.69, 9.17) is 4.74 Å². The topological polar surface area (TPSA) is 41.6 Å². The van der Waals surface area contributed by atoms with Crippen molar-refractivity contribution < 1.29 is 9.53 Å². The highest BCUT2D eigenvalue weighted by Gasteiger charge is 2.55. The summed E-state index contributed by atoms with van der Waals surface area (Å²) in [6, 6.07) is 8.84. The van der Waals surface area contributed by atoms with Gasteiger partial charge in [0.1, 0.15) is 0 Å². The Balaban J connectivity index is 1.54. The Kier molecular flexibility index (Phi) is 4.50. The van der Waals surface area contributed by atoms with Crippen LogP contribution in [-0.4, -0.2) is 49.7 Å². The minimum Gasteiger partial charge on any atom is -0.376 e. The fourth-order valence-corrected chi connectivity index (χ4v) is 3.88. The van der Waals surface area contributed by atoms with Gasteiger partial charge in [0.25, 0.3) is 0 Å². The van der Waals surface area contributed by atoms with Crippen molar-refractivity contribution >= 4 is 5.91 Å². The minimum absolute atomic E-state index is 0.158. The van der Waals surface area contributed by atoms with E-state index < -0.39 is 0 Å². The maximum atomic E-state index is 12.3. The Morgan fingerprint density at radius 2 is 2.14 bits per heavy atom. The quantitative estimate of drug-likeness (QED) is 0.901. The third-order valence-electron chi connectivity index (χ3n) is 5.16. The molecule has 2 fully saturated rings. The molecule has 1 aromatic carbocycles. The molecule has 4 atom stereocenters. The van der Waals surface area contributed by atoms with Gasteiger partial charge in [-0.2, -0.15) is 0 Å². The van der Waals surface area contributed by atoms with Crippen molar-refractivity contribution in [2.45, 2.75) is 44.4 Å². The van der Waals surface area contributed by atoms with Crippen molar-refractivity contribution in [1.29, 1.82) is 0 Å². The van der Waals surface area contributed by atoms with Crippen LogP contribution in [0.3, 0.4) is 0 Å². The van der Waals surface area contributed by atoms with Gasteiger partial charge in [0, 0.05) is 18.9 Å². The normalized spacial score (nSPS) is 30.0. The number of likely N-dealkylation sites (N-methyl/N-ethyl adjacent to an activating group) is 1. The van der Waals surface area contributed by atoms with Gasteiger partial charge in [0.2, 0.25) is 5.91 Å². The third-order valence-corrected chi connectivity index (χ3v) is 5.16. The first-order chi connectivity index (χ1) is 10.6. The molecule has 2 aliphatic rings. The van der Waals surface area contributed by atoms with E-state index in [-0.39, 0.29) is 11.9 Å². The summed E-state index contributed by atoms with van der Waals surface area (Å²) in [7, 11) is 4.13. The molecule has 0 aromatic heterocycles. The fraction of sp³-hybridized carbons (Fsp3) is 0.611. The zero-order valence-electron chi connectivity index (χ0n) is 13.7. The van der Waals surface area contributed by atoms with Crippen molar-refractivity contribution in [2.24, 2.45) is 5.92 Å². The monoisotopic (exact) mass is 302 g/mol. The maximum Gasteiger partial charge on any atom is 0.220 e. The van der Waals surface area contributed by atoms with E-state index in [2.05, 4.69) is 43.4 Å². The number of benzene rings is 1. The molecular weight excluding hydrogens is 276 g/mol. The Morgan fingerprint density at radius 1 is 1.36 bits per heavy atom. The van der Waals surface area contributed by atoms with Gasteiger partial charge in [-0.25, -0.2) is 0 Å². The van der Waals surface area contributed by atoms with Gasteiger partial charge >= 0.3 is 0 Å². The summed E-state index contributed by atoms with van der Waals surface area (Å²) in [6.07, 6.45) is 2.73. The second-order valence-corrected chi connectivity index (χ2v) is 6.76. The second kappa shape index (κ2) is 6.39. The largest absolute Gasteiger partial charge is 0.376 e. The number of ether oxygens (including phenoxy) is 1. The van der Waals surface area contributed by atoms with Gasteiger partial charge < -0.3 is 15.0 Å². The van der Waals surface area contributed by atoms with E-state index in [1.54, 1.807) is 0 Å². The summed E-state index contributed by atoms with van der Waals surface area (Å²) >= 11 is 0. The van der Waals surface area contributed by atoms with Crippen LogP contribution in [0.4, 0.5) is 0 Å². The van der Waals surface area contributed by atoms with Crippen LogP contribution in [0.2, 0.25) is 0 Å². The predicted molar refractivity (Wildman–Crippen MR) is 86.8 cm³/mol. The van der Waals surface area contributed by atoms with Crippen LogP contribution in [0.15, 0.2) is 24.3 Å². The number of rotatable bonds is 5. The Morgan fingerprint density at radius 3 is 2.86 bits per heavy atom. The fourth-order valence-electron chi connectivity index (χ4n) is 3.88. The van der Waals surface area contributed by atoms with Crippen LogP contribution < -0.4 is 5.32 Å². The molecule has 0 radical (unpaired) electrons. The number of nitrogens with one attached hydrogen (secondary N) is 1. The average Bonchev–Trinajstić information content (AvgIpc) is 2.87. The molecule has 4 heteroatoms. The Bertz CT molecular complexity index is 544. The molecule has 1 N–H and O–H groups in total. The van der Waals surface area contributed by atoms with Crippen molar-refractivity contribution in [2.75, 3.05) is 20.7 Å². The summed E-state index contributed by atoms with van der Waals surface area (Å²) in [4.78, 5) is 14.5. The lowest BCUT2D eigenvalue weighted by molar-refractivity contribution is -0.128. The summed E-state index contributed by atoms with van der Waals surface area (Å²) in [5.41, 5.74) is 2.52. The van der Waals surface area contributed by atoms with E-state index in [0.717, 1.165) is 19.4 Å². The number of aryl methyl sites for hydroxylation is 2. The highest BCUT2D eigenvalue weighted by atomic mass is 16.5. The number of amides is 1. The summed E-state index contributed by atoms with van der Waals surface area (Å²) < 4.78 is 5.79. The summed E-state index contributed by atoms with van der Waals surface area (Å²) in [5.74, 6) is 0.653. The number of carbonyl (C=O) groups is 1. The molecule has 1 aromatic rings. The predicted octanol–water partition coefficient (Wildman–Crippen LogP) is 1.76. The molecule has 1 heterocycles. The van der Waals surface area contributed by atoms with E-state index in [1.807, 2.05) is 12.1 Å². The number of hydrogen-bond donors (Lipinski definition) is 1. The number of fused-ring (bicyclic) bond motifs is 1. The lowest BCUT2D eigenvalue weighted by Crippen LogP contribution is -2.69. The zero-order valence-corrected chi connectivity index (χ0v) is 13.7. The Labute approximate surface area is 132 Å². The van der Waals surface area contributed by atoms with Gasteiger partial charge in [-0.3, -0.25) is 4.79 Å². The molecule has 1 saturated heterocycles. The molecular formula is C18H26N2O2. The number of nitrogens with zero attached hydrogens (tertiary/aromatic N) is 1. The minimum atomic E-state index is 0.158. The van der Waals surface area contributed by atoms with Crippen LogP contribution in [0.5, 0.6) is 0 Å². The van der Waals surface area contributed by atoms with Gasteiger partial charge in [0.15, 0.2) is 0 Å². The average molecular weight is 302 g/mol. The lowest BCUT2D eigenvalue weighted by atomic mass is 9.71. The van der Waals surface area contributed by atoms with Crippen LogP contribution in [0.25, 0.3) is 0 Å². The van der Waals surface area contributed by atoms with Crippen LogP contribution in [0, 0.1) is 12.8 Å². The van der Waals surface area contributed by atoms with Crippen molar-refractivity contribution in [1.82, 2.24) is 10.2 Å². The second-order valence-electron chi connectivity index (χ2n) is 6.76. The first-order valence-electron chi connectivity index (χ1n) is 8.20. The molecule has 1 saturated carbocycles. The van der Waals surface area contributed by atoms with E-state index in [0.29, 0.717) is 24.5 Å². The summed E-state index contributed by atoms with van der Waals surface area (Å²) in [5, 5.41) is 3.25.